The molecule has 1 aliphatic rings. The van der Waals surface area contributed by atoms with E-state index in [1.807, 2.05) is 43.3 Å². The van der Waals surface area contributed by atoms with Gasteiger partial charge in [-0.05, 0) is 70.3 Å². The highest BCUT2D eigenvalue weighted by Gasteiger charge is 2.34. The smallest absolute Gasteiger partial charge is 0.303 e. The summed E-state index contributed by atoms with van der Waals surface area (Å²) in [6.45, 7) is 2.53. The van der Waals surface area contributed by atoms with Crippen molar-refractivity contribution in [1.82, 2.24) is 0 Å². The number of hydrogen-bond donors (Lipinski definition) is 1. The van der Waals surface area contributed by atoms with E-state index in [9.17, 15) is 9.90 Å². The Morgan fingerprint density at radius 2 is 2.00 bits per heavy atom. The standard InChI is InChI=1S/C20H21BrO3/c1-13-9-16(17(11-19(22)23)15-7-8-15)10-18(21)20(13)24-12-14-5-3-2-4-6-14/h2-6,9-10,15,17H,7-8,11-12H2,1H3,(H,22,23). The Balaban J connectivity index is 1.78. The number of benzene rings is 2. The summed E-state index contributed by atoms with van der Waals surface area (Å²) in [6.07, 6.45) is 2.45. The first-order chi connectivity index (χ1) is 11.5. The first-order valence-electron chi connectivity index (χ1n) is 8.23. The van der Waals surface area contributed by atoms with Gasteiger partial charge in [-0.25, -0.2) is 0 Å². The fourth-order valence-electron chi connectivity index (χ4n) is 3.13. The summed E-state index contributed by atoms with van der Waals surface area (Å²) in [5, 5.41) is 9.19. The predicted octanol–water partition coefficient (Wildman–Crippen LogP) is 5.30. The van der Waals surface area contributed by atoms with Gasteiger partial charge in [-0.1, -0.05) is 36.4 Å². The van der Waals surface area contributed by atoms with E-state index in [4.69, 9.17) is 4.74 Å². The highest BCUT2D eigenvalue weighted by molar-refractivity contribution is 9.10. The summed E-state index contributed by atoms with van der Waals surface area (Å²) >= 11 is 3.60. The van der Waals surface area contributed by atoms with Crippen LogP contribution in [0.25, 0.3) is 0 Å². The minimum Gasteiger partial charge on any atom is -0.487 e. The zero-order valence-corrected chi connectivity index (χ0v) is 15.3. The molecular formula is C20H21BrO3. The third kappa shape index (κ3) is 4.18. The van der Waals surface area contributed by atoms with Gasteiger partial charge in [-0.3, -0.25) is 4.79 Å². The number of carboxylic acids is 1. The van der Waals surface area contributed by atoms with Crippen molar-refractivity contribution in [3.8, 4) is 5.75 Å². The van der Waals surface area contributed by atoms with Crippen LogP contribution >= 0.6 is 15.9 Å². The van der Waals surface area contributed by atoms with Crippen LogP contribution in [0.4, 0.5) is 0 Å². The second-order valence-corrected chi connectivity index (χ2v) is 7.32. The zero-order chi connectivity index (χ0) is 17.1. The van der Waals surface area contributed by atoms with Crippen molar-refractivity contribution in [1.29, 1.82) is 0 Å². The molecule has 0 radical (unpaired) electrons. The van der Waals surface area contributed by atoms with Gasteiger partial charge in [0.15, 0.2) is 0 Å². The molecule has 0 aliphatic heterocycles. The van der Waals surface area contributed by atoms with E-state index >= 15 is 0 Å². The normalized spacial score (nSPS) is 15.1. The Bertz CT molecular complexity index is 700. The molecule has 2 aromatic carbocycles. The number of ether oxygens (including phenoxy) is 1. The average Bonchev–Trinajstić information content (AvgIpc) is 3.37. The molecule has 1 aliphatic carbocycles. The van der Waals surface area contributed by atoms with Crippen LogP contribution in [0.2, 0.25) is 0 Å². The lowest BCUT2D eigenvalue weighted by molar-refractivity contribution is -0.137. The molecule has 0 aromatic heterocycles. The molecule has 0 heterocycles. The molecule has 4 heteroatoms. The maximum atomic E-state index is 11.2. The van der Waals surface area contributed by atoms with Gasteiger partial charge in [0.2, 0.25) is 0 Å². The monoisotopic (exact) mass is 388 g/mol. The predicted molar refractivity (Wildman–Crippen MR) is 97.4 cm³/mol. The Morgan fingerprint density at radius 1 is 1.29 bits per heavy atom. The van der Waals surface area contributed by atoms with Gasteiger partial charge in [0.1, 0.15) is 12.4 Å². The van der Waals surface area contributed by atoms with Crippen LogP contribution in [0.5, 0.6) is 5.75 Å². The maximum Gasteiger partial charge on any atom is 0.303 e. The van der Waals surface area contributed by atoms with Gasteiger partial charge in [0.05, 0.1) is 10.9 Å². The summed E-state index contributed by atoms with van der Waals surface area (Å²) in [7, 11) is 0. The molecular weight excluding hydrogens is 368 g/mol. The number of carboxylic acid groups (broad SMARTS) is 1. The van der Waals surface area contributed by atoms with E-state index in [-0.39, 0.29) is 12.3 Å². The van der Waals surface area contributed by atoms with Crippen molar-refractivity contribution in [2.75, 3.05) is 0 Å². The summed E-state index contributed by atoms with van der Waals surface area (Å²) in [6, 6.07) is 14.2. The minimum absolute atomic E-state index is 0.0978. The quantitative estimate of drug-likeness (QED) is 0.699. The second kappa shape index (κ2) is 7.39. The van der Waals surface area contributed by atoms with E-state index in [1.54, 1.807) is 0 Å². The first kappa shape index (κ1) is 17.0. The highest BCUT2D eigenvalue weighted by atomic mass is 79.9. The van der Waals surface area contributed by atoms with E-state index in [2.05, 4.69) is 22.0 Å². The van der Waals surface area contributed by atoms with Gasteiger partial charge in [0, 0.05) is 0 Å². The van der Waals surface area contributed by atoms with Gasteiger partial charge < -0.3 is 9.84 Å². The molecule has 24 heavy (non-hydrogen) atoms. The van der Waals surface area contributed by atoms with Crippen LogP contribution in [-0.2, 0) is 11.4 Å². The Hall–Kier alpha value is -1.81. The van der Waals surface area contributed by atoms with Gasteiger partial charge >= 0.3 is 5.97 Å². The van der Waals surface area contributed by atoms with Crippen molar-refractivity contribution in [2.24, 2.45) is 5.92 Å². The summed E-state index contributed by atoms with van der Waals surface area (Å²) in [4.78, 5) is 11.2. The number of aryl methyl sites for hydroxylation is 1. The molecule has 1 atom stereocenters. The molecule has 3 nitrogen and oxygen atoms in total. The SMILES string of the molecule is Cc1cc(C(CC(=O)O)C2CC2)cc(Br)c1OCc1ccccc1. The van der Waals surface area contributed by atoms with Crippen molar-refractivity contribution in [2.45, 2.75) is 38.7 Å². The highest BCUT2D eigenvalue weighted by Crippen LogP contribution is 2.46. The van der Waals surface area contributed by atoms with E-state index < -0.39 is 5.97 Å². The summed E-state index contributed by atoms with van der Waals surface area (Å²) < 4.78 is 6.88. The Morgan fingerprint density at radius 3 is 2.58 bits per heavy atom. The third-order valence-electron chi connectivity index (χ3n) is 4.49. The summed E-state index contributed by atoms with van der Waals surface area (Å²) in [5.41, 5.74) is 3.25. The summed E-state index contributed by atoms with van der Waals surface area (Å²) in [5.74, 6) is 0.696. The lowest BCUT2D eigenvalue weighted by Gasteiger charge is -2.18. The van der Waals surface area contributed by atoms with Crippen LogP contribution in [0, 0.1) is 12.8 Å². The van der Waals surface area contributed by atoms with Crippen LogP contribution in [0.15, 0.2) is 46.9 Å². The van der Waals surface area contributed by atoms with Crippen LogP contribution in [0.1, 0.15) is 41.9 Å². The maximum absolute atomic E-state index is 11.2. The van der Waals surface area contributed by atoms with Gasteiger partial charge in [-0.15, -0.1) is 0 Å². The largest absolute Gasteiger partial charge is 0.487 e. The first-order valence-corrected chi connectivity index (χ1v) is 9.02. The Labute approximate surface area is 150 Å². The van der Waals surface area contributed by atoms with Crippen molar-refractivity contribution < 1.29 is 14.6 Å². The van der Waals surface area contributed by atoms with Crippen molar-refractivity contribution in [3.63, 3.8) is 0 Å². The molecule has 0 saturated heterocycles. The number of hydrogen-bond acceptors (Lipinski definition) is 2. The average molecular weight is 389 g/mol. The van der Waals surface area contributed by atoms with Crippen LogP contribution in [0.3, 0.4) is 0 Å². The number of aliphatic carboxylic acids is 1. The van der Waals surface area contributed by atoms with Crippen LogP contribution < -0.4 is 4.74 Å². The minimum atomic E-state index is -0.731. The molecule has 2 aromatic rings. The van der Waals surface area contributed by atoms with Gasteiger partial charge in [0.25, 0.3) is 0 Å². The zero-order valence-electron chi connectivity index (χ0n) is 13.7. The lowest BCUT2D eigenvalue weighted by Crippen LogP contribution is -2.09. The lowest BCUT2D eigenvalue weighted by atomic mass is 9.90. The van der Waals surface area contributed by atoms with Crippen molar-refractivity contribution >= 4 is 21.9 Å². The fourth-order valence-corrected chi connectivity index (χ4v) is 3.82. The molecule has 1 unspecified atom stereocenters. The number of rotatable bonds is 7. The third-order valence-corrected chi connectivity index (χ3v) is 5.08. The van der Waals surface area contributed by atoms with Crippen molar-refractivity contribution in [3.05, 3.63) is 63.6 Å². The van der Waals surface area contributed by atoms with E-state index in [1.165, 1.54) is 0 Å². The fraction of sp³-hybridized carbons (Fsp3) is 0.350. The molecule has 1 saturated carbocycles. The molecule has 1 N–H and O–H groups in total. The molecule has 1 fully saturated rings. The van der Waals surface area contributed by atoms with Crippen LogP contribution in [-0.4, -0.2) is 11.1 Å². The molecule has 0 amide bonds. The molecule has 126 valence electrons. The molecule has 0 spiro atoms. The van der Waals surface area contributed by atoms with Gasteiger partial charge in [-0.2, -0.15) is 0 Å². The molecule has 0 bridgehead atoms. The Kier molecular flexibility index (Phi) is 5.24. The van der Waals surface area contributed by atoms with E-state index in [0.29, 0.717) is 12.5 Å². The second-order valence-electron chi connectivity index (χ2n) is 6.46. The number of carbonyl (C=O) groups is 1. The number of halogens is 1. The topological polar surface area (TPSA) is 46.5 Å². The van der Waals surface area contributed by atoms with E-state index in [0.717, 1.165) is 39.8 Å². The molecule has 3 rings (SSSR count).